The van der Waals surface area contributed by atoms with Crippen LogP contribution in [0.5, 0.6) is 0 Å². The van der Waals surface area contributed by atoms with E-state index in [1.807, 2.05) is 6.07 Å². The number of ketones is 1. The van der Waals surface area contributed by atoms with Crippen LogP contribution in [-0.2, 0) is 39.8 Å². The lowest BCUT2D eigenvalue weighted by atomic mass is 9.32. The Labute approximate surface area is 331 Å². The van der Waals surface area contributed by atoms with Gasteiger partial charge in [0.05, 0.1) is 30.3 Å². The van der Waals surface area contributed by atoms with Crippen LogP contribution in [0.25, 0.3) is 0 Å². The summed E-state index contributed by atoms with van der Waals surface area (Å²) < 4.78 is 33.0. The molecule has 1 aromatic heterocycles. The van der Waals surface area contributed by atoms with Crippen molar-refractivity contribution in [3.63, 3.8) is 0 Å². The van der Waals surface area contributed by atoms with Crippen LogP contribution in [0.4, 0.5) is 0 Å². The smallest absolute Gasteiger partial charge is 0.339 e. The van der Waals surface area contributed by atoms with Crippen LogP contribution in [0.2, 0.25) is 0 Å². The van der Waals surface area contributed by atoms with E-state index in [2.05, 4.69) is 24.5 Å². The standard InChI is InChI=1S/C45H64N2O9/c1-41-21-19-32-43-25-53-34(48)23-33(43)55-42(2,27-13-7-5-8-14-27)36(43)35(49)37(50)44(32,28-15-9-6-10-16-28)45(41)39(56-45)40(51)54-38(41)30-20-22-52-31(30)18-12-4-3-11-17-29-24-46-26-47-29/h20,22,27-29,32-33,36-39,46-47,50H,3-19,21,23-26H2,1-2H3/t29-,32-,33+,36-,37-,38+,39-,41+,42-,43+,44+,45-/m1/s1. The molecule has 6 heterocycles. The Bertz CT molecular complexity index is 1700. The summed E-state index contributed by atoms with van der Waals surface area (Å²) in [6, 6.07) is 2.53. The highest BCUT2D eigenvalue weighted by Crippen LogP contribution is 2.83. The molecule has 11 heteroatoms. The number of aliphatic hydroxyl groups is 1. The maximum absolute atomic E-state index is 15.7. The summed E-state index contributed by atoms with van der Waals surface area (Å²) in [6.45, 7) is 6.35. The van der Waals surface area contributed by atoms with Crippen molar-refractivity contribution < 1.29 is 42.9 Å². The molecule has 0 aromatic carbocycles. The molecule has 56 heavy (non-hydrogen) atoms. The Morgan fingerprint density at radius 3 is 2.38 bits per heavy atom. The van der Waals surface area contributed by atoms with Crippen LogP contribution < -0.4 is 10.6 Å². The van der Waals surface area contributed by atoms with Gasteiger partial charge in [0.2, 0.25) is 0 Å². The molecule has 9 aliphatic rings. The van der Waals surface area contributed by atoms with Gasteiger partial charge in [0.15, 0.2) is 11.9 Å². The number of cyclic esters (lactones) is 2. The zero-order valence-electron chi connectivity index (χ0n) is 33.6. The fraction of sp³-hybridized carbons (Fsp3) is 0.844. The highest BCUT2D eigenvalue weighted by Gasteiger charge is 2.93. The van der Waals surface area contributed by atoms with E-state index in [4.69, 9.17) is 23.4 Å². The van der Waals surface area contributed by atoms with Crippen molar-refractivity contribution in [1.29, 1.82) is 0 Å². The van der Waals surface area contributed by atoms with Crippen molar-refractivity contribution in [3.05, 3.63) is 23.7 Å². The van der Waals surface area contributed by atoms with Gasteiger partial charge in [0.1, 0.15) is 30.2 Å². The molecular weight excluding hydrogens is 712 g/mol. The van der Waals surface area contributed by atoms with E-state index < -0.39 is 63.8 Å². The van der Waals surface area contributed by atoms with Crippen LogP contribution in [0.1, 0.15) is 147 Å². The molecule has 0 unspecified atom stereocenters. The first kappa shape index (κ1) is 37.9. The third kappa shape index (κ3) is 5.08. The molecule has 2 spiro atoms. The number of unbranched alkanes of at least 4 members (excludes halogenated alkanes) is 3. The summed E-state index contributed by atoms with van der Waals surface area (Å²) in [5, 5.41) is 20.2. The summed E-state index contributed by atoms with van der Waals surface area (Å²) >= 11 is 0. The Morgan fingerprint density at radius 2 is 1.62 bits per heavy atom. The highest BCUT2D eigenvalue weighted by atomic mass is 16.7. The third-order valence-electron chi connectivity index (χ3n) is 17.6. The fourth-order valence-corrected chi connectivity index (χ4v) is 15.3. The number of carbonyl (C=O) groups is 3. The molecule has 1 aromatic rings. The van der Waals surface area contributed by atoms with Crippen LogP contribution >= 0.6 is 0 Å². The van der Waals surface area contributed by atoms with Crippen LogP contribution in [0.3, 0.4) is 0 Å². The maximum atomic E-state index is 15.7. The number of esters is 2. The zero-order valence-corrected chi connectivity index (χ0v) is 33.6. The van der Waals surface area contributed by atoms with Gasteiger partial charge in [0, 0.05) is 47.5 Å². The molecule has 9 fully saturated rings. The lowest BCUT2D eigenvalue weighted by Crippen LogP contribution is -2.79. The van der Waals surface area contributed by atoms with Gasteiger partial charge in [-0.25, -0.2) is 4.79 Å². The molecule has 308 valence electrons. The number of ether oxygens (including phenoxy) is 4. The molecular formula is C45H64N2O9. The van der Waals surface area contributed by atoms with Crippen LogP contribution in [-0.4, -0.2) is 78.2 Å². The summed E-state index contributed by atoms with van der Waals surface area (Å²) in [4.78, 5) is 43.3. The van der Waals surface area contributed by atoms with Crippen molar-refractivity contribution in [3.8, 4) is 0 Å². The molecule has 5 saturated heterocycles. The Kier molecular flexibility index (Phi) is 9.40. The molecule has 0 bridgehead atoms. The quantitative estimate of drug-likeness (QED) is 0.141. The fourth-order valence-electron chi connectivity index (χ4n) is 15.3. The van der Waals surface area contributed by atoms with Crippen molar-refractivity contribution in [2.75, 3.05) is 19.8 Å². The highest BCUT2D eigenvalue weighted by molar-refractivity contribution is 5.92. The number of epoxide rings is 1. The van der Waals surface area contributed by atoms with Gasteiger partial charge in [-0.2, -0.15) is 0 Å². The predicted octanol–water partition coefficient (Wildman–Crippen LogP) is 6.24. The largest absolute Gasteiger partial charge is 0.469 e. The average molecular weight is 777 g/mol. The van der Waals surface area contributed by atoms with Crippen LogP contribution in [0, 0.1) is 39.9 Å². The topological polar surface area (TPSA) is 149 Å². The zero-order chi connectivity index (χ0) is 38.5. The SMILES string of the molecule is C[C@@]12CC[C@@H]3[C@@]45COC(=O)C[C@@H]4O[C@](C)(C4CCCCC4)[C@H]5C(=O)[C@@H](O)[C@@]3(C3CCCCC3)[C@]13O[C@@H]3C(=O)O[C@H]2c1ccoc1CCCCCC[C@@H]1CNCN1. The summed E-state index contributed by atoms with van der Waals surface area (Å²) in [7, 11) is 0. The molecule has 4 saturated carbocycles. The minimum absolute atomic E-state index is 0.0504. The average Bonchev–Trinajstić information content (AvgIpc) is 3.46. The number of furan rings is 1. The minimum Gasteiger partial charge on any atom is -0.469 e. The van der Waals surface area contributed by atoms with E-state index in [0.717, 1.165) is 108 Å². The van der Waals surface area contributed by atoms with Crippen molar-refractivity contribution in [1.82, 2.24) is 10.6 Å². The Balaban J connectivity index is 1.03. The van der Waals surface area contributed by atoms with E-state index in [1.165, 1.54) is 19.3 Å². The number of rotatable bonds is 10. The molecule has 0 radical (unpaired) electrons. The maximum Gasteiger partial charge on any atom is 0.339 e. The summed E-state index contributed by atoms with van der Waals surface area (Å²) in [5.74, 6) is -0.787. The normalized spacial score (nSPS) is 46.3. The number of nitrogens with one attached hydrogen (secondary N) is 2. The number of fused-ring (bicyclic) bond motifs is 1. The Hall–Kier alpha value is -2.31. The third-order valence-corrected chi connectivity index (χ3v) is 17.6. The van der Waals surface area contributed by atoms with E-state index in [0.29, 0.717) is 18.9 Å². The van der Waals surface area contributed by atoms with Gasteiger partial charge in [-0.1, -0.05) is 64.7 Å². The van der Waals surface area contributed by atoms with Gasteiger partial charge in [-0.05, 0) is 82.1 Å². The minimum atomic E-state index is -1.34. The number of aliphatic hydroxyl groups excluding tert-OH is 1. The first-order chi connectivity index (χ1) is 27.1. The van der Waals surface area contributed by atoms with Gasteiger partial charge in [-0.15, -0.1) is 0 Å². The number of hydrogen-bond acceptors (Lipinski definition) is 11. The molecule has 4 aliphatic carbocycles. The van der Waals surface area contributed by atoms with Crippen LogP contribution in [0.15, 0.2) is 16.7 Å². The lowest BCUT2D eigenvalue weighted by Gasteiger charge is -2.70. The van der Waals surface area contributed by atoms with Gasteiger partial charge in [0.25, 0.3) is 0 Å². The van der Waals surface area contributed by atoms with Crippen molar-refractivity contribution in [2.24, 2.45) is 39.9 Å². The van der Waals surface area contributed by atoms with E-state index >= 15 is 4.79 Å². The van der Waals surface area contributed by atoms with E-state index in [1.54, 1.807) is 6.26 Å². The number of Topliss-reactive ketones (excluding diaryl/α,β-unsaturated/α-hetero) is 1. The second kappa shape index (κ2) is 13.9. The first-order valence-electron chi connectivity index (χ1n) is 22.6. The molecule has 0 amide bonds. The van der Waals surface area contributed by atoms with Gasteiger partial charge in [-0.3, -0.25) is 9.59 Å². The molecule has 10 rings (SSSR count). The van der Waals surface area contributed by atoms with Crippen molar-refractivity contribution >= 4 is 17.7 Å². The first-order valence-corrected chi connectivity index (χ1v) is 22.6. The van der Waals surface area contributed by atoms with Gasteiger partial charge >= 0.3 is 11.9 Å². The molecule has 3 N–H and O–H groups in total. The monoisotopic (exact) mass is 776 g/mol. The van der Waals surface area contributed by atoms with E-state index in [-0.39, 0.29) is 42.5 Å². The second-order valence-corrected chi connectivity index (χ2v) is 20.0. The number of carbonyl (C=O) groups excluding carboxylic acids is 3. The molecule has 11 nitrogen and oxygen atoms in total. The molecule has 5 aliphatic heterocycles. The number of aryl methyl sites for hydroxylation is 1. The lowest BCUT2D eigenvalue weighted by molar-refractivity contribution is -0.275. The summed E-state index contributed by atoms with van der Waals surface area (Å²) in [5.41, 5.74) is -3.69. The second-order valence-electron chi connectivity index (χ2n) is 20.0. The van der Waals surface area contributed by atoms with Gasteiger partial charge < -0.3 is 39.1 Å². The van der Waals surface area contributed by atoms with E-state index in [9.17, 15) is 14.7 Å². The number of hydrogen-bond donors (Lipinski definition) is 3. The Morgan fingerprint density at radius 1 is 0.875 bits per heavy atom. The summed E-state index contributed by atoms with van der Waals surface area (Å²) in [6.07, 6.45) is 16.2. The predicted molar refractivity (Wildman–Crippen MR) is 204 cm³/mol. The van der Waals surface area contributed by atoms with Crippen molar-refractivity contribution in [2.45, 2.75) is 178 Å². The molecule has 12 atom stereocenters.